The van der Waals surface area contributed by atoms with Crippen molar-refractivity contribution < 1.29 is 0 Å². The van der Waals surface area contributed by atoms with E-state index in [1.807, 2.05) is 13.0 Å². The van der Waals surface area contributed by atoms with E-state index in [4.69, 9.17) is 5.73 Å². The van der Waals surface area contributed by atoms with Gasteiger partial charge in [-0.2, -0.15) is 0 Å². The molecule has 0 bridgehead atoms. The summed E-state index contributed by atoms with van der Waals surface area (Å²) in [4.78, 5) is 11.2. The summed E-state index contributed by atoms with van der Waals surface area (Å²) in [5, 5.41) is 0. The van der Waals surface area contributed by atoms with Crippen molar-refractivity contribution in [3.63, 3.8) is 0 Å². The molecule has 0 aliphatic heterocycles. The Balaban J connectivity index is 2.90. The highest BCUT2D eigenvalue weighted by Crippen LogP contribution is 2.13. The molecular formula is C13H24N4. The van der Waals surface area contributed by atoms with Crippen molar-refractivity contribution in [2.24, 2.45) is 11.7 Å². The van der Waals surface area contributed by atoms with Crippen LogP contribution < -0.4 is 10.6 Å². The van der Waals surface area contributed by atoms with Crippen LogP contribution in [0.1, 0.15) is 38.6 Å². The average molecular weight is 236 g/mol. The molecule has 0 saturated heterocycles. The zero-order chi connectivity index (χ0) is 12.8. The predicted octanol–water partition coefficient (Wildman–Crippen LogP) is 2.12. The van der Waals surface area contributed by atoms with E-state index in [2.05, 4.69) is 35.6 Å². The molecule has 4 nitrogen and oxygen atoms in total. The van der Waals surface area contributed by atoms with Crippen LogP contribution in [0, 0.1) is 12.8 Å². The fourth-order valence-corrected chi connectivity index (χ4v) is 1.72. The minimum atomic E-state index is 0.469. The topological polar surface area (TPSA) is 55.0 Å². The average Bonchev–Trinajstić information content (AvgIpc) is 2.34. The summed E-state index contributed by atoms with van der Waals surface area (Å²) in [5.41, 5.74) is 7.54. The molecule has 2 N–H and O–H groups in total. The van der Waals surface area contributed by atoms with Crippen molar-refractivity contribution in [3.8, 4) is 0 Å². The highest BCUT2D eigenvalue weighted by Gasteiger charge is 2.12. The minimum Gasteiger partial charge on any atom is -0.341 e. The summed E-state index contributed by atoms with van der Waals surface area (Å²) >= 11 is 0. The normalized spacial score (nSPS) is 12.5. The SMILES string of the molecule is CCC(C)CN(CC)c1nc(C)cc(CN)n1. The molecule has 1 aromatic rings. The first-order valence-electron chi connectivity index (χ1n) is 6.40. The number of rotatable bonds is 6. The molecule has 1 atom stereocenters. The number of nitrogens with zero attached hydrogens (tertiary/aromatic N) is 3. The summed E-state index contributed by atoms with van der Waals surface area (Å²) in [5.74, 6) is 1.47. The van der Waals surface area contributed by atoms with Crippen molar-refractivity contribution in [2.45, 2.75) is 40.7 Å². The van der Waals surface area contributed by atoms with Gasteiger partial charge in [0.05, 0.1) is 5.69 Å². The third-order valence-corrected chi connectivity index (χ3v) is 3.00. The number of nitrogens with two attached hydrogens (primary N) is 1. The Labute approximate surface area is 104 Å². The summed E-state index contributed by atoms with van der Waals surface area (Å²) < 4.78 is 0. The molecule has 0 aliphatic carbocycles. The first-order chi connectivity index (χ1) is 8.10. The van der Waals surface area contributed by atoms with Crippen molar-refractivity contribution in [2.75, 3.05) is 18.0 Å². The van der Waals surface area contributed by atoms with Gasteiger partial charge in [0.15, 0.2) is 0 Å². The van der Waals surface area contributed by atoms with Gasteiger partial charge in [0, 0.05) is 25.3 Å². The smallest absolute Gasteiger partial charge is 0.225 e. The first kappa shape index (κ1) is 13.9. The van der Waals surface area contributed by atoms with Crippen molar-refractivity contribution in [3.05, 3.63) is 17.5 Å². The van der Waals surface area contributed by atoms with Gasteiger partial charge >= 0.3 is 0 Å². The fourth-order valence-electron chi connectivity index (χ4n) is 1.72. The molecular weight excluding hydrogens is 212 g/mol. The van der Waals surface area contributed by atoms with Crippen molar-refractivity contribution in [1.29, 1.82) is 0 Å². The molecule has 0 amide bonds. The molecule has 17 heavy (non-hydrogen) atoms. The largest absolute Gasteiger partial charge is 0.341 e. The van der Waals surface area contributed by atoms with E-state index in [-0.39, 0.29) is 0 Å². The third-order valence-electron chi connectivity index (χ3n) is 3.00. The zero-order valence-corrected chi connectivity index (χ0v) is 11.4. The zero-order valence-electron chi connectivity index (χ0n) is 11.4. The van der Waals surface area contributed by atoms with Gasteiger partial charge in [0.25, 0.3) is 0 Å². The van der Waals surface area contributed by atoms with Crippen LogP contribution in [0.3, 0.4) is 0 Å². The van der Waals surface area contributed by atoms with Crippen LogP contribution in [-0.2, 0) is 6.54 Å². The second-order valence-electron chi connectivity index (χ2n) is 4.56. The molecule has 1 heterocycles. The first-order valence-corrected chi connectivity index (χ1v) is 6.40. The molecule has 0 spiro atoms. The Kier molecular flexibility index (Phi) is 5.35. The molecule has 0 aromatic carbocycles. The van der Waals surface area contributed by atoms with Gasteiger partial charge in [-0.1, -0.05) is 20.3 Å². The Morgan fingerprint density at radius 2 is 2.06 bits per heavy atom. The van der Waals surface area contributed by atoms with E-state index < -0.39 is 0 Å². The van der Waals surface area contributed by atoms with Crippen LogP contribution in [0.4, 0.5) is 5.95 Å². The van der Waals surface area contributed by atoms with Gasteiger partial charge in [-0.3, -0.25) is 0 Å². The lowest BCUT2D eigenvalue weighted by Gasteiger charge is -2.24. The Morgan fingerprint density at radius 1 is 1.35 bits per heavy atom. The lowest BCUT2D eigenvalue weighted by atomic mass is 10.1. The lowest BCUT2D eigenvalue weighted by Crippen LogP contribution is -2.30. The minimum absolute atomic E-state index is 0.469. The van der Waals surface area contributed by atoms with E-state index in [0.717, 1.165) is 30.4 Å². The maximum Gasteiger partial charge on any atom is 0.225 e. The number of aryl methyl sites for hydroxylation is 1. The highest BCUT2D eigenvalue weighted by atomic mass is 15.2. The fraction of sp³-hybridized carbons (Fsp3) is 0.692. The summed E-state index contributed by atoms with van der Waals surface area (Å²) in [6.45, 7) is 11.0. The predicted molar refractivity (Wildman–Crippen MR) is 72.0 cm³/mol. The van der Waals surface area contributed by atoms with Gasteiger partial charge in [-0.25, -0.2) is 9.97 Å². The molecule has 0 fully saturated rings. The third kappa shape index (κ3) is 3.97. The molecule has 4 heteroatoms. The maximum absolute atomic E-state index is 5.65. The maximum atomic E-state index is 5.65. The molecule has 1 aromatic heterocycles. The van der Waals surface area contributed by atoms with Gasteiger partial charge < -0.3 is 10.6 Å². The van der Waals surface area contributed by atoms with Crippen LogP contribution in [0.5, 0.6) is 0 Å². The second-order valence-corrected chi connectivity index (χ2v) is 4.56. The van der Waals surface area contributed by atoms with E-state index in [1.165, 1.54) is 6.42 Å². The number of aromatic nitrogens is 2. The molecule has 0 saturated carbocycles. The van der Waals surface area contributed by atoms with E-state index in [1.54, 1.807) is 0 Å². The monoisotopic (exact) mass is 236 g/mol. The molecule has 1 rings (SSSR count). The van der Waals surface area contributed by atoms with Gasteiger partial charge in [0.1, 0.15) is 0 Å². The quantitative estimate of drug-likeness (QED) is 0.822. The van der Waals surface area contributed by atoms with Gasteiger partial charge in [0.2, 0.25) is 5.95 Å². The van der Waals surface area contributed by atoms with Crippen LogP contribution >= 0.6 is 0 Å². The van der Waals surface area contributed by atoms with Crippen LogP contribution in [0.25, 0.3) is 0 Å². The van der Waals surface area contributed by atoms with E-state index >= 15 is 0 Å². The number of hydrogen-bond acceptors (Lipinski definition) is 4. The molecule has 96 valence electrons. The Bertz CT molecular complexity index is 351. The molecule has 1 unspecified atom stereocenters. The summed E-state index contributed by atoms with van der Waals surface area (Å²) in [6.07, 6.45) is 1.17. The molecule has 0 radical (unpaired) electrons. The van der Waals surface area contributed by atoms with E-state index in [9.17, 15) is 0 Å². The Morgan fingerprint density at radius 3 is 2.59 bits per heavy atom. The summed E-state index contributed by atoms with van der Waals surface area (Å²) in [6, 6.07) is 1.95. The van der Waals surface area contributed by atoms with Crippen LogP contribution in [0.2, 0.25) is 0 Å². The lowest BCUT2D eigenvalue weighted by molar-refractivity contribution is 0.541. The highest BCUT2D eigenvalue weighted by molar-refractivity contribution is 5.32. The van der Waals surface area contributed by atoms with E-state index in [0.29, 0.717) is 12.5 Å². The number of hydrogen-bond donors (Lipinski definition) is 1. The molecule has 0 aliphatic rings. The van der Waals surface area contributed by atoms with Crippen molar-refractivity contribution in [1.82, 2.24) is 9.97 Å². The standard InChI is InChI=1S/C13H24N4/c1-5-10(3)9-17(6-2)13-15-11(4)7-12(8-14)16-13/h7,10H,5-6,8-9,14H2,1-4H3. The summed E-state index contributed by atoms with van der Waals surface area (Å²) in [7, 11) is 0. The number of anilines is 1. The van der Waals surface area contributed by atoms with Crippen LogP contribution in [-0.4, -0.2) is 23.1 Å². The Hall–Kier alpha value is -1.16. The van der Waals surface area contributed by atoms with Crippen LogP contribution in [0.15, 0.2) is 6.07 Å². The van der Waals surface area contributed by atoms with Gasteiger partial charge in [-0.05, 0) is 25.8 Å². The van der Waals surface area contributed by atoms with Crippen molar-refractivity contribution >= 4 is 5.95 Å². The van der Waals surface area contributed by atoms with Gasteiger partial charge in [-0.15, -0.1) is 0 Å². The second kappa shape index (κ2) is 6.55.